The molecule has 2 aliphatic rings. The lowest BCUT2D eigenvalue weighted by Gasteiger charge is -2.24. The van der Waals surface area contributed by atoms with Gasteiger partial charge < -0.3 is 19.6 Å². The van der Waals surface area contributed by atoms with E-state index < -0.39 is 11.7 Å². The van der Waals surface area contributed by atoms with Crippen LogP contribution in [0.2, 0.25) is 0 Å². The van der Waals surface area contributed by atoms with Crippen LogP contribution in [0.5, 0.6) is 5.75 Å². The van der Waals surface area contributed by atoms with Crippen molar-refractivity contribution in [2.24, 2.45) is 5.16 Å². The number of nitrogens with zero attached hydrogens (tertiary/aromatic N) is 2. The third kappa shape index (κ3) is 2.53. The molecule has 1 N–H and O–H groups in total. The summed E-state index contributed by atoms with van der Waals surface area (Å²) in [6.45, 7) is 2.33. The molecule has 6 nitrogen and oxygen atoms in total. The minimum atomic E-state index is -0.437. The second-order valence-electron chi connectivity index (χ2n) is 6.02. The van der Waals surface area contributed by atoms with Crippen LogP contribution in [-0.4, -0.2) is 23.6 Å². The number of oxime groups is 1. The molecule has 0 aliphatic carbocycles. The third-order valence-electron chi connectivity index (χ3n) is 4.33. The number of fused-ring (bicyclic) bond motifs is 2. The fourth-order valence-corrected chi connectivity index (χ4v) is 3.23. The highest BCUT2D eigenvalue weighted by atomic mass is 19.1. The second kappa shape index (κ2) is 5.86. The minimum Gasteiger partial charge on any atom is -0.467 e. The van der Waals surface area contributed by atoms with Crippen molar-refractivity contribution in [2.45, 2.75) is 20.1 Å². The van der Waals surface area contributed by atoms with Crippen molar-refractivity contribution in [3.8, 4) is 5.75 Å². The lowest BCUT2D eigenvalue weighted by Crippen LogP contribution is -2.30. The van der Waals surface area contributed by atoms with E-state index in [0.29, 0.717) is 28.1 Å². The smallest absolute Gasteiger partial charge is 0.281 e. The Hall–Kier alpha value is -2.93. The van der Waals surface area contributed by atoms with Gasteiger partial charge in [-0.25, -0.2) is 4.39 Å². The number of benzene rings is 2. The standard InChI is InChI=1S/C18H15FN2O4/c1-10-2-3-15-14(4-10)16(20-23)18(22)21(15)7-11-5-13(19)6-12-8-24-9-25-17(11)12/h2-6,23H,7-9H2,1H3/b20-16-. The van der Waals surface area contributed by atoms with Crippen LogP contribution in [0.25, 0.3) is 0 Å². The molecule has 0 unspecified atom stereocenters. The lowest BCUT2D eigenvalue weighted by molar-refractivity contribution is -0.112. The molecule has 2 aliphatic heterocycles. The van der Waals surface area contributed by atoms with Crippen LogP contribution < -0.4 is 9.64 Å². The monoisotopic (exact) mass is 342 g/mol. The van der Waals surface area contributed by atoms with Gasteiger partial charge in [-0.15, -0.1) is 0 Å². The largest absolute Gasteiger partial charge is 0.467 e. The van der Waals surface area contributed by atoms with Crippen molar-refractivity contribution in [3.05, 3.63) is 58.4 Å². The Bertz CT molecular complexity index is 910. The van der Waals surface area contributed by atoms with E-state index in [1.165, 1.54) is 17.0 Å². The molecular formula is C18H15FN2O4. The maximum absolute atomic E-state index is 13.9. The number of anilines is 1. The molecule has 128 valence electrons. The fourth-order valence-electron chi connectivity index (χ4n) is 3.23. The van der Waals surface area contributed by atoms with Gasteiger partial charge in [-0.1, -0.05) is 16.8 Å². The molecule has 4 rings (SSSR count). The molecule has 25 heavy (non-hydrogen) atoms. The molecule has 0 aromatic heterocycles. The van der Waals surface area contributed by atoms with Gasteiger partial charge in [0.1, 0.15) is 11.6 Å². The van der Waals surface area contributed by atoms with Gasteiger partial charge in [0, 0.05) is 16.7 Å². The van der Waals surface area contributed by atoms with Crippen molar-refractivity contribution in [1.82, 2.24) is 0 Å². The first-order valence-electron chi connectivity index (χ1n) is 7.75. The normalized spacial score (nSPS) is 17.4. The van der Waals surface area contributed by atoms with Crippen LogP contribution in [0.4, 0.5) is 10.1 Å². The highest BCUT2D eigenvalue weighted by molar-refractivity contribution is 6.54. The number of hydrogen-bond donors (Lipinski definition) is 1. The average molecular weight is 342 g/mol. The van der Waals surface area contributed by atoms with E-state index in [1.54, 1.807) is 12.1 Å². The molecule has 0 bridgehead atoms. The molecule has 1 amide bonds. The molecule has 0 radical (unpaired) electrons. The molecule has 0 atom stereocenters. The van der Waals surface area contributed by atoms with E-state index in [-0.39, 0.29) is 25.7 Å². The number of aryl methyl sites for hydroxylation is 1. The quantitative estimate of drug-likeness (QED) is 0.673. The summed E-state index contributed by atoms with van der Waals surface area (Å²) in [6.07, 6.45) is 0. The number of carbonyl (C=O) groups excluding carboxylic acids is 1. The zero-order chi connectivity index (χ0) is 17.6. The van der Waals surface area contributed by atoms with E-state index in [1.807, 2.05) is 13.0 Å². The molecule has 7 heteroatoms. The summed E-state index contributed by atoms with van der Waals surface area (Å²) in [5, 5.41) is 12.4. The summed E-state index contributed by atoms with van der Waals surface area (Å²) in [5.74, 6) is -0.327. The Morgan fingerprint density at radius 2 is 2.16 bits per heavy atom. The van der Waals surface area contributed by atoms with Gasteiger partial charge in [0.15, 0.2) is 12.5 Å². The molecule has 0 saturated carbocycles. The van der Waals surface area contributed by atoms with Crippen LogP contribution in [0, 0.1) is 12.7 Å². The number of ether oxygens (including phenoxy) is 2. The van der Waals surface area contributed by atoms with E-state index >= 15 is 0 Å². The maximum atomic E-state index is 13.9. The third-order valence-corrected chi connectivity index (χ3v) is 4.33. The second-order valence-corrected chi connectivity index (χ2v) is 6.02. The predicted octanol–water partition coefficient (Wildman–Crippen LogP) is 2.73. The summed E-state index contributed by atoms with van der Waals surface area (Å²) < 4.78 is 24.6. The Kier molecular flexibility index (Phi) is 3.65. The maximum Gasteiger partial charge on any atom is 0.281 e. The van der Waals surface area contributed by atoms with Gasteiger partial charge in [0.25, 0.3) is 5.91 Å². The average Bonchev–Trinajstić information content (AvgIpc) is 2.85. The van der Waals surface area contributed by atoms with E-state index in [4.69, 9.17) is 9.47 Å². The summed E-state index contributed by atoms with van der Waals surface area (Å²) in [5.41, 5.74) is 3.24. The first-order chi connectivity index (χ1) is 12.1. The minimum absolute atomic E-state index is 0.0202. The van der Waals surface area contributed by atoms with Crippen LogP contribution in [0.3, 0.4) is 0 Å². The summed E-state index contributed by atoms with van der Waals surface area (Å²) in [6, 6.07) is 8.15. The van der Waals surface area contributed by atoms with Gasteiger partial charge in [-0.05, 0) is 31.2 Å². The van der Waals surface area contributed by atoms with Crippen molar-refractivity contribution in [3.63, 3.8) is 0 Å². The first kappa shape index (κ1) is 15.6. The molecule has 2 aromatic rings. The first-order valence-corrected chi connectivity index (χ1v) is 7.75. The van der Waals surface area contributed by atoms with Gasteiger partial charge >= 0.3 is 0 Å². The lowest BCUT2D eigenvalue weighted by atomic mass is 10.1. The molecule has 0 spiro atoms. The number of amides is 1. The van der Waals surface area contributed by atoms with Crippen molar-refractivity contribution in [2.75, 3.05) is 11.7 Å². The molecule has 2 aromatic carbocycles. The Morgan fingerprint density at radius 3 is 2.96 bits per heavy atom. The van der Waals surface area contributed by atoms with Gasteiger partial charge in [0.05, 0.1) is 18.8 Å². The van der Waals surface area contributed by atoms with E-state index in [2.05, 4.69) is 5.16 Å². The van der Waals surface area contributed by atoms with E-state index in [9.17, 15) is 14.4 Å². The van der Waals surface area contributed by atoms with Crippen LogP contribution >= 0.6 is 0 Å². The highest BCUT2D eigenvalue weighted by Crippen LogP contribution is 2.35. The number of halogens is 1. The zero-order valence-corrected chi connectivity index (χ0v) is 13.5. The van der Waals surface area contributed by atoms with Crippen molar-refractivity contribution in [1.29, 1.82) is 0 Å². The molecule has 2 heterocycles. The van der Waals surface area contributed by atoms with Crippen molar-refractivity contribution < 1.29 is 23.9 Å². The van der Waals surface area contributed by atoms with Crippen LogP contribution in [0.15, 0.2) is 35.5 Å². The van der Waals surface area contributed by atoms with Crippen LogP contribution in [0.1, 0.15) is 22.3 Å². The fraction of sp³-hybridized carbons (Fsp3) is 0.222. The number of carbonyl (C=O) groups is 1. The zero-order valence-electron chi connectivity index (χ0n) is 13.5. The molecule has 0 fully saturated rings. The van der Waals surface area contributed by atoms with Gasteiger partial charge in [-0.2, -0.15) is 0 Å². The number of rotatable bonds is 2. The summed E-state index contributed by atoms with van der Waals surface area (Å²) in [4.78, 5) is 14.1. The van der Waals surface area contributed by atoms with Gasteiger partial charge in [0.2, 0.25) is 0 Å². The summed E-state index contributed by atoms with van der Waals surface area (Å²) in [7, 11) is 0. The highest BCUT2D eigenvalue weighted by Gasteiger charge is 2.35. The SMILES string of the molecule is Cc1ccc2c(c1)/C(=N/O)C(=O)N2Cc1cc(F)cc2c1OCOC2. The Labute approximate surface area is 143 Å². The van der Waals surface area contributed by atoms with E-state index in [0.717, 1.165) is 5.56 Å². The molecule has 0 saturated heterocycles. The molecular weight excluding hydrogens is 327 g/mol. The predicted molar refractivity (Wildman–Crippen MR) is 87.4 cm³/mol. The Balaban J connectivity index is 1.78. The summed E-state index contributed by atoms with van der Waals surface area (Å²) >= 11 is 0. The van der Waals surface area contributed by atoms with Crippen LogP contribution in [-0.2, 0) is 22.7 Å². The topological polar surface area (TPSA) is 71.4 Å². The van der Waals surface area contributed by atoms with Crippen molar-refractivity contribution >= 4 is 17.3 Å². The Morgan fingerprint density at radius 1 is 1.32 bits per heavy atom. The van der Waals surface area contributed by atoms with Gasteiger partial charge in [-0.3, -0.25) is 4.79 Å². The number of hydrogen-bond acceptors (Lipinski definition) is 5.